The second-order valence-corrected chi connectivity index (χ2v) is 7.09. The first kappa shape index (κ1) is 29.5. The molecule has 2 fully saturated rings. The van der Waals surface area contributed by atoms with Crippen LogP contribution in [0.1, 0.15) is 26.7 Å². The maximum atomic E-state index is 11.6. The zero-order valence-corrected chi connectivity index (χ0v) is 19.7. The van der Waals surface area contributed by atoms with Crippen LogP contribution < -0.4 is 0 Å². The standard InChI is InChI=1S/C11H19NO3.C6H10ClNO2.C5H10O/c1-3-10(4-2)15-9-11(13)12-5-7-14-8-6-12;7-5-6(9)8-1-3-10-4-2-8;1-3-5(6)4-2/h3,10H,1,4-9H2,2H3;1-5H2;3,5-6H,1,4H2,2H3. The number of carbonyl (C=O) groups excluding carboxylic acids is 2. The molecule has 2 aliphatic heterocycles. The van der Waals surface area contributed by atoms with Crippen molar-refractivity contribution in [3.63, 3.8) is 0 Å². The van der Waals surface area contributed by atoms with Gasteiger partial charge in [0.15, 0.2) is 0 Å². The summed E-state index contributed by atoms with van der Waals surface area (Å²) in [7, 11) is 0. The van der Waals surface area contributed by atoms with Gasteiger partial charge in [0.25, 0.3) is 0 Å². The molecule has 0 aromatic rings. The molecule has 0 saturated carbocycles. The van der Waals surface area contributed by atoms with Gasteiger partial charge in [-0.2, -0.15) is 0 Å². The molecule has 2 heterocycles. The van der Waals surface area contributed by atoms with Gasteiger partial charge < -0.3 is 29.1 Å². The predicted octanol–water partition coefficient (Wildman–Crippen LogP) is 1.85. The zero-order chi connectivity index (χ0) is 23.5. The number of halogens is 1. The Morgan fingerprint density at radius 1 is 0.968 bits per heavy atom. The van der Waals surface area contributed by atoms with Crippen molar-refractivity contribution in [2.75, 3.05) is 65.1 Å². The number of hydrogen-bond donors (Lipinski definition) is 1. The molecule has 2 aliphatic rings. The van der Waals surface area contributed by atoms with E-state index in [-0.39, 0.29) is 36.5 Å². The van der Waals surface area contributed by atoms with Crippen molar-refractivity contribution in [2.24, 2.45) is 0 Å². The number of carbonyl (C=O) groups is 2. The Morgan fingerprint density at radius 3 is 1.77 bits per heavy atom. The molecule has 2 rings (SSSR count). The van der Waals surface area contributed by atoms with E-state index < -0.39 is 0 Å². The molecule has 2 unspecified atom stereocenters. The van der Waals surface area contributed by atoms with E-state index in [9.17, 15) is 9.59 Å². The summed E-state index contributed by atoms with van der Waals surface area (Å²) in [6.07, 6.45) is 4.55. The van der Waals surface area contributed by atoms with E-state index in [1.807, 2.05) is 13.8 Å². The van der Waals surface area contributed by atoms with E-state index >= 15 is 0 Å². The number of aliphatic hydroxyl groups is 1. The third kappa shape index (κ3) is 14.3. The highest BCUT2D eigenvalue weighted by atomic mass is 35.5. The monoisotopic (exact) mass is 462 g/mol. The van der Waals surface area contributed by atoms with Crippen LogP contribution in [-0.4, -0.2) is 104 Å². The molecule has 0 radical (unpaired) electrons. The van der Waals surface area contributed by atoms with Crippen LogP contribution in [0.15, 0.2) is 25.3 Å². The van der Waals surface area contributed by atoms with Crippen LogP contribution in [-0.2, 0) is 23.8 Å². The normalized spacial score (nSPS) is 17.8. The molecule has 8 nitrogen and oxygen atoms in total. The van der Waals surface area contributed by atoms with Crippen LogP contribution in [0.4, 0.5) is 0 Å². The molecule has 0 aliphatic carbocycles. The van der Waals surface area contributed by atoms with E-state index in [1.54, 1.807) is 15.9 Å². The van der Waals surface area contributed by atoms with Gasteiger partial charge in [0.2, 0.25) is 11.8 Å². The van der Waals surface area contributed by atoms with Gasteiger partial charge in [0.1, 0.15) is 12.5 Å². The number of aliphatic hydroxyl groups excluding tert-OH is 1. The highest BCUT2D eigenvalue weighted by Gasteiger charge is 2.17. The topological polar surface area (TPSA) is 88.5 Å². The van der Waals surface area contributed by atoms with E-state index in [1.165, 1.54) is 6.08 Å². The molecule has 31 heavy (non-hydrogen) atoms. The summed E-state index contributed by atoms with van der Waals surface area (Å²) in [6, 6.07) is 0. The van der Waals surface area contributed by atoms with E-state index in [0.717, 1.165) is 12.8 Å². The fourth-order valence-corrected chi connectivity index (χ4v) is 2.67. The van der Waals surface area contributed by atoms with Gasteiger partial charge in [-0.1, -0.05) is 26.0 Å². The quantitative estimate of drug-likeness (QED) is 0.437. The van der Waals surface area contributed by atoms with Gasteiger partial charge in [0.05, 0.1) is 38.6 Å². The second-order valence-electron chi connectivity index (χ2n) is 6.82. The highest BCUT2D eigenvalue weighted by molar-refractivity contribution is 6.27. The average Bonchev–Trinajstić information content (AvgIpc) is 2.85. The lowest BCUT2D eigenvalue weighted by Crippen LogP contribution is -2.42. The first-order valence-electron chi connectivity index (χ1n) is 10.7. The molecule has 0 aromatic carbocycles. The van der Waals surface area contributed by atoms with Crippen LogP contribution in [0.25, 0.3) is 0 Å². The Morgan fingerprint density at radius 2 is 1.45 bits per heavy atom. The molecule has 180 valence electrons. The number of alkyl halides is 1. The highest BCUT2D eigenvalue weighted by Crippen LogP contribution is 2.02. The Balaban J connectivity index is 0.000000484. The van der Waals surface area contributed by atoms with Crippen LogP contribution in [0.5, 0.6) is 0 Å². The first-order chi connectivity index (χ1) is 14.9. The number of rotatable bonds is 8. The second kappa shape index (κ2) is 19.3. The van der Waals surface area contributed by atoms with Crippen molar-refractivity contribution >= 4 is 23.4 Å². The first-order valence-corrected chi connectivity index (χ1v) is 11.3. The molecule has 0 aromatic heterocycles. The smallest absolute Gasteiger partial charge is 0.248 e. The van der Waals surface area contributed by atoms with Gasteiger partial charge >= 0.3 is 0 Å². The number of amides is 2. The molecular formula is C22H39ClN2O6. The lowest BCUT2D eigenvalue weighted by atomic mass is 10.3. The maximum absolute atomic E-state index is 11.6. The molecule has 2 atom stereocenters. The van der Waals surface area contributed by atoms with Crippen molar-refractivity contribution in [1.82, 2.24) is 9.80 Å². The van der Waals surface area contributed by atoms with Crippen LogP contribution in [0, 0.1) is 0 Å². The van der Waals surface area contributed by atoms with Gasteiger partial charge in [-0.15, -0.1) is 24.8 Å². The Kier molecular flexibility index (Phi) is 18.4. The minimum absolute atomic E-state index is 0.00460. The molecule has 2 amide bonds. The van der Waals surface area contributed by atoms with E-state index in [2.05, 4.69) is 13.2 Å². The van der Waals surface area contributed by atoms with Gasteiger partial charge in [0, 0.05) is 26.2 Å². The number of hydrogen-bond acceptors (Lipinski definition) is 6. The predicted molar refractivity (Wildman–Crippen MR) is 122 cm³/mol. The molecular weight excluding hydrogens is 424 g/mol. The lowest BCUT2D eigenvalue weighted by Gasteiger charge is -2.27. The summed E-state index contributed by atoms with van der Waals surface area (Å²) in [5.74, 6) is 0.128. The number of ether oxygens (including phenoxy) is 3. The van der Waals surface area contributed by atoms with Gasteiger partial charge in [-0.05, 0) is 12.8 Å². The third-order valence-corrected chi connectivity index (χ3v) is 4.85. The molecule has 9 heteroatoms. The fourth-order valence-electron chi connectivity index (χ4n) is 2.50. The van der Waals surface area contributed by atoms with Crippen molar-refractivity contribution in [3.8, 4) is 0 Å². The zero-order valence-electron chi connectivity index (χ0n) is 19.0. The van der Waals surface area contributed by atoms with E-state index in [4.69, 9.17) is 30.9 Å². The molecule has 1 N–H and O–H groups in total. The fraction of sp³-hybridized carbons (Fsp3) is 0.727. The maximum Gasteiger partial charge on any atom is 0.248 e. The van der Waals surface area contributed by atoms with Crippen molar-refractivity contribution in [3.05, 3.63) is 25.3 Å². The summed E-state index contributed by atoms with van der Waals surface area (Å²) >= 11 is 5.35. The SMILES string of the molecule is C=CC(CC)OCC(=O)N1CCOCC1.C=CC(O)CC.O=C(CCl)N1CCOCC1. The number of nitrogens with zero attached hydrogens (tertiary/aromatic N) is 2. The van der Waals surface area contributed by atoms with Crippen molar-refractivity contribution in [2.45, 2.75) is 38.9 Å². The van der Waals surface area contributed by atoms with Gasteiger partial charge in [-0.25, -0.2) is 0 Å². The minimum atomic E-state index is -0.301. The minimum Gasteiger partial charge on any atom is -0.389 e. The summed E-state index contributed by atoms with van der Waals surface area (Å²) in [4.78, 5) is 26.0. The van der Waals surface area contributed by atoms with Gasteiger partial charge in [-0.3, -0.25) is 9.59 Å². The Labute approximate surface area is 191 Å². The molecule has 2 saturated heterocycles. The summed E-state index contributed by atoms with van der Waals surface area (Å²) in [6.45, 7) is 16.4. The Hall–Kier alpha value is -1.45. The summed E-state index contributed by atoms with van der Waals surface area (Å²) in [5, 5.41) is 8.55. The van der Waals surface area contributed by atoms with Crippen LogP contribution >= 0.6 is 11.6 Å². The largest absolute Gasteiger partial charge is 0.389 e. The number of morpholine rings is 2. The van der Waals surface area contributed by atoms with Crippen LogP contribution in [0.2, 0.25) is 0 Å². The van der Waals surface area contributed by atoms with Crippen LogP contribution in [0.3, 0.4) is 0 Å². The Bertz CT molecular complexity index is 508. The molecule has 0 spiro atoms. The third-order valence-electron chi connectivity index (χ3n) is 4.62. The average molecular weight is 463 g/mol. The lowest BCUT2D eigenvalue weighted by molar-refractivity contribution is -0.141. The van der Waals surface area contributed by atoms with Crippen molar-refractivity contribution < 1.29 is 28.9 Å². The van der Waals surface area contributed by atoms with E-state index in [0.29, 0.717) is 52.6 Å². The summed E-state index contributed by atoms with van der Waals surface area (Å²) < 4.78 is 15.6. The summed E-state index contributed by atoms with van der Waals surface area (Å²) in [5.41, 5.74) is 0. The van der Waals surface area contributed by atoms with Crippen molar-refractivity contribution in [1.29, 1.82) is 0 Å². The molecule has 0 bridgehead atoms.